The molecule has 2 fully saturated rings. The highest BCUT2D eigenvalue weighted by atomic mass is 16.5. The van der Waals surface area contributed by atoms with E-state index < -0.39 is 0 Å². The molecule has 1 aromatic rings. The topological polar surface area (TPSA) is 45.2 Å². The first-order valence-electron chi connectivity index (χ1n) is 9.31. The number of ether oxygens (including phenoxy) is 2. The Morgan fingerprint density at radius 2 is 1.88 bits per heavy atom. The van der Waals surface area contributed by atoms with E-state index in [-0.39, 0.29) is 18.1 Å². The van der Waals surface area contributed by atoms with Gasteiger partial charge in [0.1, 0.15) is 12.4 Å². The fraction of sp³-hybridized carbons (Fsp3) is 0.650. The van der Waals surface area contributed by atoms with Crippen LogP contribution >= 0.6 is 0 Å². The van der Waals surface area contributed by atoms with Crippen LogP contribution in [0.2, 0.25) is 0 Å². The molecule has 2 aliphatic heterocycles. The van der Waals surface area contributed by atoms with E-state index in [2.05, 4.69) is 35.8 Å². The zero-order valence-corrected chi connectivity index (χ0v) is 16.4. The molecule has 6 heteroatoms. The molecule has 0 aromatic heterocycles. The van der Waals surface area contributed by atoms with Gasteiger partial charge in [0.05, 0.1) is 7.11 Å². The molecule has 2 aliphatic rings. The van der Waals surface area contributed by atoms with Gasteiger partial charge in [0.25, 0.3) is 0 Å². The van der Waals surface area contributed by atoms with Crippen LogP contribution in [0.25, 0.3) is 0 Å². The molecule has 6 nitrogen and oxygen atoms in total. The maximum absolute atomic E-state index is 12.2. The third-order valence-corrected chi connectivity index (χ3v) is 5.53. The van der Waals surface area contributed by atoms with Gasteiger partial charge in [-0.15, -0.1) is 0 Å². The van der Waals surface area contributed by atoms with Gasteiger partial charge in [-0.1, -0.05) is 12.1 Å². The normalized spacial score (nSPS) is 23.5. The number of methoxy groups -OCH3 is 2. The number of nitrogens with zero attached hydrogens (tertiary/aromatic N) is 3. The minimum absolute atomic E-state index is 0.0947. The van der Waals surface area contributed by atoms with E-state index in [0.29, 0.717) is 6.04 Å². The number of benzene rings is 1. The SMILES string of the molecule is COCC(=O)N1CCN2[C@H](CN(Cc3ccc(OC)cc3)CC2(C)C)C1. The number of piperazine rings is 2. The van der Waals surface area contributed by atoms with Crippen molar-refractivity contribution in [2.75, 3.05) is 53.6 Å². The average Bonchev–Trinajstić information content (AvgIpc) is 2.61. The maximum Gasteiger partial charge on any atom is 0.248 e. The molecule has 3 rings (SSSR count). The molecule has 1 atom stereocenters. The van der Waals surface area contributed by atoms with Gasteiger partial charge < -0.3 is 14.4 Å². The van der Waals surface area contributed by atoms with Gasteiger partial charge in [0.15, 0.2) is 0 Å². The fourth-order valence-corrected chi connectivity index (χ4v) is 4.36. The van der Waals surface area contributed by atoms with Gasteiger partial charge in [-0.2, -0.15) is 0 Å². The average molecular weight is 361 g/mol. The van der Waals surface area contributed by atoms with Crippen molar-refractivity contribution in [3.63, 3.8) is 0 Å². The van der Waals surface area contributed by atoms with Crippen LogP contribution in [-0.2, 0) is 16.1 Å². The Bertz CT molecular complexity index is 617. The maximum atomic E-state index is 12.2. The Morgan fingerprint density at radius 1 is 1.15 bits per heavy atom. The van der Waals surface area contributed by atoms with Crippen LogP contribution < -0.4 is 4.74 Å². The number of carbonyl (C=O) groups is 1. The second-order valence-electron chi connectivity index (χ2n) is 7.95. The van der Waals surface area contributed by atoms with Crippen molar-refractivity contribution in [3.8, 4) is 5.75 Å². The lowest BCUT2D eigenvalue weighted by atomic mass is 9.92. The van der Waals surface area contributed by atoms with Crippen LogP contribution in [0.4, 0.5) is 0 Å². The Labute approximate surface area is 156 Å². The summed E-state index contributed by atoms with van der Waals surface area (Å²) in [6.07, 6.45) is 0. The van der Waals surface area contributed by atoms with E-state index in [1.807, 2.05) is 17.0 Å². The second-order valence-corrected chi connectivity index (χ2v) is 7.95. The highest BCUT2D eigenvalue weighted by Gasteiger charge is 2.43. The van der Waals surface area contributed by atoms with Crippen molar-refractivity contribution in [2.45, 2.75) is 32.0 Å². The summed E-state index contributed by atoms with van der Waals surface area (Å²) in [6.45, 7) is 10.2. The van der Waals surface area contributed by atoms with Crippen LogP contribution in [0, 0.1) is 0 Å². The molecule has 26 heavy (non-hydrogen) atoms. The van der Waals surface area contributed by atoms with Crippen molar-refractivity contribution in [3.05, 3.63) is 29.8 Å². The van der Waals surface area contributed by atoms with Crippen molar-refractivity contribution >= 4 is 5.91 Å². The fourth-order valence-electron chi connectivity index (χ4n) is 4.36. The van der Waals surface area contributed by atoms with Crippen molar-refractivity contribution in [1.29, 1.82) is 0 Å². The molecule has 1 amide bonds. The largest absolute Gasteiger partial charge is 0.497 e. The molecule has 0 unspecified atom stereocenters. The summed E-state index contributed by atoms with van der Waals surface area (Å²) >= 11 is 0. The summed E-state index contributed by atoms with van der Waals surface area (Å²) in [6, 6.07) is 8.66. The molecule has 2 heterocycles. The zero-order valence-electron chi connectivity index (χ0n) is 16.4. The van der Waals surface area contributed by atoms with Gasteiger partial charge >= 0.3 is 0 Å². The monoisotopic (exact) mass is 361 g/mol. The lowest BCUT2D eigenvalue weighted by Crippen LogP contribution is -2.70. The molecule has 0 saturated carbocycles. The van der Waals surface area contributed by atoms with Crippen molar-refractivity contribution < 1.29 is 14.3 Å². The van der Waals surface area contributed by atoms with Crippen LogP contribution in [0.3, 0.4) is 0 Å². The minimum Gasteiger partial charge on any atom is -0.497 e. The number of hydrogen-bond acceptors (Lipinski definition) is 5. The Morgan fingerprint density at radius 3 is 2.54 bits per heavy atom. The van der Waals surface area contributed by atoms with Crippen molar-refractivity contribution in [1.82, 2.24) is 14.7 Å². The number of hydrogen-bond donors (Lipinski definition) is 0. The summed E-state index contributed by atoms with van der Waals surface area (Å²) in [5.41, 5.74) is 1.39. The van der Waals surface area contributed by atoms with Crippen LogP contribution in [0.15, 0.2) is 24.3 Å². The second kappa shape index (κ2) is 7.94. The summed E-state index contributed by atoms with van der Waals surface area (Å²) < 4.78 is 10.3. The first kappa shape index (κ1) is 19.1. The van der Waals surface area contributed by atoms with E-state index in [1.165, 1.54) is 5.56 Å². The van der Waals surface area contributed by atoms with Gasteiger partial charge in [-0.25, -0.2) is 0 Å². The van der Waals surface area contributed by atoms with Gasteiger partial charge in [0.2, 0.25) is 5.91 Å². The lowest BCUT2D eigenvalue weighted by Gasteiger charge is -2.55. The molecule has 1 aromatic carbocycles. The predicted molar refractivity (Wildman–Crippen MR) is 101 cm³/mol. The molecule has 2 saturated heterocycles. The third kappa shape index (κ3) is 4.19. The van der Waals surface area contributed by atoms with E-state index >= 15 is 0 Å². The standard InChI is InChI=1S/C20H31N3O3/c1-20(2)15-21(11-16-5-7-18(26-4)8-6-16)12-17-13-22(9-10-23(17)20)19(24)14-25-3/h5-8,17H,9-15H2,1-4H3/t17-/m1/s1. The van der Waals surface area contributed by atoms with Gasteiger partial charge in [-0.3, -0.25) is 14.6 Å². The van der Waals surface area contributed by atoms with Gasteiger partial charge in [0, 0.05) is 58.0 Å². The Kier molecular flexibility index (Phi) is 5.85. The smallest absolute Gasteiger partial charge is 0.248 e. The molecular weight excluding hydrogens is 330 g/mol. The number of rotatable bonds is 5. The van der Waals surface area contributed by atoms with Gasteiger partial charge in [-0.05, 0) is 31.5 Å². The predicted octanol–water partition coefficient (Wildman–Crippen LogP) is 1.45. The van der Waals surface area contributed by atoms with E-state index in [4.69, 9.17) is 9.47 Å². The van der Waals surface area contributed by atoms with Crippen LogP contribution in [0.5, 0.6) is 5.75 Å². The Balaban J connectivity index is 1.67. The number of fused-ring (bicyclic) bond motifs is 1. The molecular formula is C20H31N3O3. The summed E-state index contributed by atoms with van der Waals surface area (Å²) in [7, 11) is 3.27. The van der Waals surface area contributed by atoms with Crippen LogP contribution in [0.1, 0.15) is 19.4 Å². The van der Waals surface area contributed by atoms with E-state index in [9.17, 15) is 4.79 Å². The summed E-state index contributed by atoms with van der Waals surface area (Å²) in [5, 5.41) is 0. The molecule has 144 valence electrons. The number of amides is 1. The highest BCUT2D eigenvalue weighted by Crippen LogP contribution is 2.29. The zero-order chi connectivity index (χ0) is 18.7. The molecule has 0 bridgehead atoms. The first-order valence-corrected chi connectivity index (χ1v) is 9.31. The van der Waals surface area contributed by atoms with E-state index in [0.717, 1.165) is 45.0 Å². The van der Waals surface area contributed by atoms with Crippen molar-refractivity contribution in [2.24, 2.45) is 0 Å². The minimum atomic E-state index is 0.0947. The van der Waals surface area contributed by atoms with E-state index in [1.54, 1.807) is 14.2 Å². The summed E-state index contributed by atoms with van der Waals surface area (Å²) in [5.74, 6) is 0.982. The lowest BCUT2D eigenvalue weighted by molar-refractivity contribution is -0.142. The highest BCUT2D eigenvalue weighted by molar-refractivity contribution is 5.77. The summed E-state index contributed by atoms with van der Waals surface area (Å²) in [4.78, 5) is 19.3. The molecule has 0 aliphatic carbocycles. The van der Waals surface area contributed by atoms with Crippen LogP contribution in [-0.4, -0.2) is 85.7 Å². The third-order valence-electron chi connectivity index (χ3n) is 5.53. The number of carbonyl (C=O) groups excluding carboxylic acids is 1. The quantitative estimate of drug-likeness (QED) is 0.794. The molecule has 0 radical (unpaired) electrons. The molecule has 0 N–H and O–H groups in total. The Hall–Kier alpha value is -1.63. The molecule has 0 spiro atoms. The first-order chi connectivity index (χ1) is 12.4.